The molecule has 0 spiro atoms. The first-order chi connectivity index (χ1) is 12.6. The minimum Gasteiger partial charge on any atom is -0.353 e. The number of hydrogen-bond acceptors (Lipinski definition) is 4. The van der Waals surface area contributed by atoms with Crippen LogP contribution in [0.1, 0.15) is 37.7 Å². The van der Waals surface area contributed by atoms with E-state index in [9.17, 15) is 9.59 Å². The summed E-state index contributed by atoms with van der Waals surface area (Å²) in [4.78, 5) is 35.9. The molecule has 6 heteroatoms. The lowest BCUT2D eigenvalue weighted by Crippen LogP contribution is -2.51. The van der Waals surface area contributed by atoms with Gasteiger partial charge in [-0.2, -0.15) is 0 Å². The Hall–Kier alpha value is -2.11. The minimum atomic E-state index is -0.147. The molecular formula is C20H28N4O2. The highest BCUT2D eigenvalue weighted by Gasteiger charge is 2.40. The van der Waals surface area contributed by atoms with Gasteiger partial charge in [-0.3, -0.25) is 9.59 Å². The molecule has 0 aromatic carbocycles. The van der Waals surface area contributed by atoms with Gasteiger partial charge >= 0.3 is 0 Å². The molecule has 1 aromatic rings. The van der Waals surface area contributed by atoms with Gasteiger partial charge in [-0.05, 0) is 37.5 Å². The van der Waals surface area contributed by atoms with Crippen molar-refractivity contribution in [2.45, 2.75) is 45.1 Å². The van der Waals surface area contributed by atoms with Crippen LogP contribution >= 0.6 is 0 Å². The number of aromatic nitrogens is 1. The van der Waals surface area contributed by atoms with Gasteiger partial charge in [-0.15, -0.1) is 0 Å². The molecule has 3 heterocycles. The Morgan fingerprint density at radius 1 is 1.15 bits per heavy atom. The third-order valence-corrected chi connectivity index (χ3v) is 6.09. The van der Waals surface area contributed by atoms with Crippen LogP contribution < -0.4 is 4.90 Å². The molecule has 0 unspecified atom stereocenters. The quantitative estimate of drug-likeness (QED) is 0.829. The molecule has 2 amide bonds. The highest BCUT2D eigenvalue weighted by Crippen LogP contribution is 2.30. The van der Waals surface area contributed by atoms with E-state index in [4.69, 9.17) is 0 Å². The van der Waals surface area contributed by atoms with Gasteiger partial charge < -0.3 is 14.7 Å². The summed E-state index contributed by atoms with van der Waals surface area (Å²) in [6, 6.07) is 4.47. The number of piperazine rings is 1. The van der Waals surface area contributed by atoms with Crippen molar-refractivity contribution in [1.29, 1.82) is 0 Å². The molecule has 3 aliphatic rings. The van der Waals surface area contributed by atoms with Crippen molar-refractivity contribution >= 4 is 17.6 Å². The molecule has 0 radical (unpaired) electrons. The molecular weight excluding hydrogens is 328 g/mol. The SMILES string of the molecule is Cc1ccnc(N2CCN(C(=O)[C@H]3CC(=O)N(C4CCCC4)C3)CC2)c1. The Labute approximate surface area is 155 Å². The second kappa shape index (κ2) is 7.25. The van der Waals surface area contributed by atoms with Gasteiger partial charge in [0.2, 0.25) is 11.8 Å². The lowest BCUT2D eigenvalue weighted by Gasteiger charge is -2.36. The van der Waals surface area contributed by atoms with Crippen molar-refractivity contribution in [3.05, 3.63) is 23.9 Å². The van der Waals surface area contributed by atoms with Gasteiger partial charge in [0.1, 0.15) is 5.82 Å². The Balaban J connectivity index is 1.33. The number of pyridine rings is 1. The number of aryl methyl sites for hydroxylation is 1. The summed E-state index contributed by atoms with van der Waals surface area (Å²) >= 11 is 0. The van der Waals surface area contributed by atoms with Gasteiger partial charge in [0.25, 0.3) is 0 Å². The lowest BCUT2D eigenvalue weighted by molar-refractivity contribution is -0.136. The molecule has 26 heavy (non-hydrogen) atoms. The molecule has 6 nitrogen and oxygen atoms in total. The topological polar surface area (TPSA) is 56.8 Å². The first-order valence-corrected chi connectivity index (χ1v) is 9.87. The predicted octanol–water partition coefficient (Wildman–Crippen LogP) is 1.83. The molecule has 2 saturated heterocycles. The zero-order valence-corrected chi connectivity index (χ0v) is 15.6. The fourth-order valence-electron chi connectivity index (χ4n) is 4.57. The standard InChI is InChI=1S/C20H28N4O2/c1-15-6-7-21-18(12-15)22-8-10-23(11-9-22)20(26)16-13-19(25)24(14-16)17-4-2-3-5-17/h6-7,12,16-17H,2-5,8-11,13-14H2,1H3/t16-/m0/s1. The van der Waals surface area contributed by atoms with Crippen LogP contribution in [0.25, 0.3) is 0 Å². The van der Waals surface area contributed by atoms with Crippen LogP contribution in [0.2, 0.25) is 0 Å². The van der Waals surface area contributed by atoms with Crippen molar-refractivity contribution in [1.82, 2.24) is 14.8 Å². The molecule has 0 N–H and O–H groups in total. The number of carbonyl (C=O) groups excluding carboxylic acids is 2. The summed E-state index contributed by atoms with van der Waals surface area (Å²) in [6.45, 7) is 5.72. The minimum absolute atomic E-state index is 0.147. The summed E-state index contributed by atoms with van der Waals surface area (Å²) < 4.78 is 0. The van der Waals surface area contributed by atoms with Gasteiger partial charge in [0.05, 0.1) is 5.92 Å². The van der Waals surface area contributed by atoms with Crippen LogP contribution in [0.3, 0.4) is 0 Å². The van der Waals surface area contributed by atoms with Gasteiger partial charge in [0, 0.05) is 51.4 Å². The third kappa shape index (κ3) is 3.41. The van der Waals surface area contributed by atoms with E-state index in [-0.39, 0.29) is 17.7 Å². The Morgan fingerprint density at radius 3 is 2.58 bits per heavy atom. The number of amides is 2. The molecule has 140 valence electrons. The highest BCUT2D eigenvalue weighted by atomic mass is 16.2. The summed E-state index contributed by atoms with van der Waals surface area (Å²) in [5.41, 5.74) is 1.20. The average Bonchev–Trinajstić information content (AvgIpc) is 3.31. The fraction of sp³-hybridized carbons (Fsp3) is 0.650. The summed E-state index contributed by atoms with van der Waals surface area (Å²) in [6.07, 6.45) is 6.87. The van der Waals surface area contributed by atoms with Gasteiger partial charge in [-0.1, -0.05) is 12.8 Å². The van der Waals surface area contributed by atoms with Crippen molar-refractivity contribution in [2.75, 3.05) is 37.6 Å². The van der Waals surface area contributed by atoms with E-state index in [0.717, 1.165) is 31.7 Å². The van der Waals surface area contributed by atoms with Crippen molar-refractivity contribution < 1.29 is 9.59 Å². The van der Waals surface area contributed by atoms with E-state index in [1.807, 2.05) is 22.1 Å². The molecule has 1 aliphatic carbocycles. The van der Waals surface area contributed by atoms with Gasteiger partial charge in [-0.25, -0.2) is 4.98 Å². The predicted molar refractivity (Wildman–Crippen MR) is 99.8 cm³/mol. The first-order valence-electron chi connectivity index (χ1n) is 9.87. The van der Waals surface area contributed by atoms with E-state index >= 15 is 0 Å². The van der Waals surface area contributed by atoms with Crippen LogP contribution in [0.15, 0.2) is 18.3 Å². The van der Waals surface area contributed by atoms with Crippen molar-refractivity contribution in [2.24, 2.45) is 5.92 Å². The molecule has 3 fully saturated rings. The Kier molecular flexibility index (Phi) is 4.83. The van der Waals surface area contributed by atoms with Crippen molar-refractivity contribution in [3.63, 3.8) is 0 Å². The first kappa shape index (κ1) is 17.3. The monoisotopic (exact) mass is 356 g/mol. The lowest BCUT2D eigenvalue weighted by atomic mass is 10.1. The molecule has 1 aromatic heterocycles. The van der Waals surface area contributed by atoms with Gasteiger partial charge in [0.15, 0.2) is 0 Å². The summed E-state index contributed by atoms with van der Waals surface area (Å²) in [5, 5.41) is 0. The van der Waals surface area contributed by atoms with Crippen LogP contribution in [-0.2, 0) is 9.59 Å². The maximum absolute atomic E-state index is 12.9. The van der Waals surface area contributed by atoms with E-state index < -0.39 is 0 Å². The summed E-state index contributed by atoms with van der Waals surface area (Å²) in [7, 11) is 0. The highest BCUT2D eigenvalue weighted by molar-refractivity contribution is 5.89. The molecule has 1 saturated carbocycles. The van der Waals surface area contributed by atoms with E-state index in [1.54, 1.807) is 0 Å². The van der Waals surface area contributed by atoms with Crippen LogP contribution in [0.5, 0.6) is 0 Å². The van der Waals surface area contributed by atoms with E-state index in [2.05, 4.69) is 22.9 Å². The van der Waals surface area contributed by atoms with Crippen LogP contribution in [0, 0.1) is 12.8 Å². The maximum atomic E-state index is 12.9. The second-order valence-electron chi connectivity index (χ2n) is 7.89. The molecule has 0 bridgehead atoms. The number of anilines is 1. The number of hydrogen-bond donors (Lipinski definition) is 0. The Morgan fingerprint density at radius 2 is 1.88 bits per heavy atom. The Bertz CT molecular complexity index is 678. The van der Waals surface area contributed by atoms with E-state index in [0.29, 0.717) is 32.1 Å². The number of rotatable bonds is 3. The van der Waals surface area contributed by atoms with Crippen LogP contribution in [-0.4, -0.2) is 65.4 Å². The zero-order chi connectivity index (χ0) is 18.1. The molecule has 1 atom stereocenters. The van der Waals surface area contributed by atoms with Crippen molar-refractivity contribution in [3.8, 4) is 0 Å². The molecule has 4 rings (SSSR count). The normalized spacial score (nSPS) is 24.6. The zero-order valence-electron chi connectivity index (χ0n) is 15.6. The maximum Gasteiger partial charge on any atom is 0.228 e. The van der Waals surface area contributed by atoms with E-state index in [1.165, 1.54) is 18.4 Å². The largest absolute Gasteiger partial charge is 0.353 e. The van der Waals surface area contributed by atoms with Crippen LogP contribution in [0.4, 0.5) is 5.82 Å². The molecule has 2 aliphatic heterocycles. The number of nitrogens with zero attached hydrogens (tertiary/aromatic N) is 4. The second-order valence-corrected chi connectivity index (χ2v) is 7.89. The number of carbonyl (C=O) groups is 2. The number of likely N-dealkylation sites (tertiary alicyclic amines) is 1. The third-order valence-electron chi connectivity index (χ3n) is 6.09. The smallest absolute Gasteiger partial charge is 0.228 e. The summed E-state index contributed by atoms with van der Waals surface area (Å²) in [5.74, 6) is 1.18. The fourth-order valence-corrected chi connectivity index (χ4v) is 4.57. The average molecular weight is 356 g/mol.